The van der Waals surface area contributed by atoms with Gasteiger partial charge in [0.1, 0.15) is 5.82 Å². The van der Waals surface area contributed by atoms with Crippen molar-refractivity contribution in [2.45, 2.75) is 19.4 Å². The number of pyridine rings is 2. The summed E-state index contributed by atoms with van der Waals surface area (Å²) >= 11 is 0. The minimum Gasteiger partial charge on any atom is -0.358 e. The van der Waals surface area contributed by atoms with Crippen molar-refractivity contribution in [2.24, 2.45) is 5.92 Å². The predicted molar refractivity (Wildman–Crippen MR) is 96.4 cm³/mol. The summed E-state index contributed by atoms with van der Waals surface area (Å²) in [6.07, 6.45) is 4.24. The molecule has 1 atom stereocenters. The summed E-state index contributed by atoms with van der Waals surface area (Å²) in [6.45, 7) is 3.00. The smallest absolute Gasteiger partial charge is 0.260 e. The Morgan fingerprint density at radius 3 is 2.88 bits per heavy atom. The highest BCUT2D eigenvalue weighted by Gasteiger charge is 2.29. The van der Waals surface area contributed by atoms with E-state index in [-0.39, 0.29) is 5.56 Å². The van der Waals surface area contributed by atoms with Crippen molar-refractivity contribution >= 4 is 16.7 Å². The van der Waals surface area contributed by atoms with Crippen molar-refractivity contribution in [3.8, 4) is 11.1 Å². The maximum absolute atomic E-state index is 13.2. The molecular formula is C20H19N3O. The van der Waals surface area contributed by atoms with Gasteiger partial charge in [-0.2, -0.15) is 0 Å². The van der Waals surface area contributed by atoms with Crippen LogP contribution in [-0.4, -0.2) is 22.6 Å². The standard InChI is InChI=1S/C20H19N3O/c24-20-17(16-7-1-5-15-6-2-10-21-19(15)16)8-9-18-22-11-3-4-14(12-22)13-23(18)20/h1-2,5-10,14H,3-4,11-13H2. The van der Waals surface area contributed by atoms with Crippen LogP contribution < -0.4 is 10.5 Å². The number of piperidine rings is 1. The molecule has 0 N–H and O–H groups in total. The molecule has 24 heavy (non-hydrogen) atoms. The second kappa shape index (κ2) is 5.20. The number of para-hydroxylation sites is 1. The van der Waals surface area contributed by atoms with E-state index < -0.39 is 0 Å². The molecule has 1 aromatic carbocycles. The molecule has 4 heteroatoms. The Morgan fingerprint density at radius 2 is 1.92 bits per heavy atom. The fourth-order valence-corrected chi connectivity index (χ4v) is 4.23. The molecule has 0 amide bonds. The first-order chi connectivity index (χ1) is 11.8. The minimum absolute atomic E-state index is 0.113. The molecule has 2 aromatic heterocycles. The number of nitrogens with zero attached hydrogens (tertiary/aromatic N) is 3. The Morgan fingerprint density at radius 1 is 1.00 bits per heavy atom. The lowest BCUT2D eigenvalue weighted by molar-refractivity contribution is 0.329. The zero-order chi connectivity index (χ0) is 16.1. The Kier molecular flexibility index (Phi) is 2.98. The Bertz CT molecular complexity index is 986. The van der Waals surface area contributed by atoms with E-state index in [0.717, 1.165) is 47.5 Å². The fourth-order valence-electron chi connectivity index (χ4n) is 4.23. The summed E-state index contributed by atoms with van der Waals surface area (Å²) in [7, 11) is 0. The molecular weight excluding hydrogens is 298 g/mol. The van der Waals surface area contributed by atoms with E-state index in [0.29, 0.717) is 5.92 Å². The molecule has 0 spiro atoms. The SMILES string of the molecule is O=c1c(-c2cccc3cccnc23)ccc2n1CC1CCCN2C1. The second-order valence-electron chi connectivity index (χ2n) is 6.86. The van der Waals surface area contributed by atoms with Gasteiger partial charge in [-0.1, -0.05) is 24.3 Å². The van der Waals surface area contributed by atoms with Crippen molar-refractivity contribution in [2.75, 3.05) is 18.0 Å². The molecule has 0 saturated carbocycles. The monoisotopic (exact) mass is 317 g/mol. The van der Waals surface area contributed by atoms with Crippen LogP contribution in [0.25, 0.3) is 22.0 Å². The highest BCUT2D eigenvalue weighted by Crippen LogP contribution is 2.31. The number of fused-ring (bicyclic) bond motifs is 5. The van der Waals surface area contributed by atoms with Gasteiger partial charge >= 0.3 is 0 Å². The van der Waals surface area contributed by atoms with Crippen LogP contribution in [0.1, 0.15) is 12.8 Å². The topological polar surface area (TPSA) is 38.1 Å². The third-order valence-electron chi connectivity index (χ3n) is 5.36. The van der Waals surface area contributed by atoms with Crippen molar-refractivity contribution in [1.82, 2.24) is 9.55 Å². The van der Waals surface area contributed by atoms with Crippen LogP contribution in [-0.2, 0) is 6.54 Å². The van der Waals surface area contributed by atoms with Crippen LogP contribution in [0, 0.1) is 5.92 Å². The number of hydrogen-bond acceptors (Lipinski definition) is 3. The predicted octanol–water partition coefficient (Wildman–Crippen LogP) is 3.29. The molecule has 2 aliphatic rings. The van der Waals surface area contributed by atoms with Gasteiger partial charge in [-0.15, -0.1) is 0 Å². The average molecular weight is 317 g/mol. The summed E-state index contributed by atoms with van der Waals surface area (Å²) < 4.78 is 1.98. The number of rotatable bonds is 1. The van der Waals surface area contributed by atoms with Gasteiger partial charge in [-0.3, -0.25) is 14.3 Å². The van der Waals surface area contributed by atoms with Crippen LogP contribution in [0.2, 0.25) is 0 Å². The number of aromatic nitrogens is 2. The summed E-state index contributed by atoms with van der Waals surface area (Å²) in [6, 6.07) is 14.1. The Labute approximate surface area is 140 Å². The normalized spacial score (nSPS) is 19.3. The Hall–Kier alpha value is -2.62. The van der Waals surface area contributed by atoms with Crippen molar-refractivity contribution in [3.05, 3.63) is 59.0 Å². The largest absolute Gasteiger partial charge is 0.358 e. The lowest BCUT2D eigenvalue weighted by Crippen LogP contribution is -2.46. The van der Waals surface area contributed by atoms with Crippen LogP contribution >= 0.6 is 0 Å². The van der Waals surface area contributed by atoms with E-state index in [1.54, 1.807) is 6.20 Å². The van der Waals surface area contributed by atoms with Crippen molar-refractivity contribution in [3.63, 3.8) is 0 Å². The van der Waals surface area contributed by atoms with Gasteiger partial charge in [-0.25, -0.2) is 0 Å². The average Bonchev–Trinajstić information content (AvgIpc) is 2.63. The first-order valence-corrected chi connectivity index (χ1v) is 8.64. The van der Waals surface area contributed by atoms with Crippen molar-refractivity contribution < 1.29 is 0 Å². The second-order valence-corrected chi connectivity index (χ2v) is 6.86. The molecule has 1 fully saturated rings. The van der Waals surface area contributed by atoms with E-state index in [4.69, 9.17) is 0 Å². The van der Waals surface area contributed by atoms with Crippen LogP contribution in [0.4, 0.5) is 5.82 Å². The van der Waals surface area contributed by atoms with Gasteiger partial charge in [0.2, 0.25) is 0 Å². The van der Waals surface area contributed by atoms with E-state index >= 15 is 0 Å². The molecule has 1 unspecified atom stereocenters. The minimum atomic E-state index is 0.113. The van der Waals surface area contributed by atoms with Gasteiger partial charge in [0, 0.05) is 42.3 Å². The van der Waals surface area contributed by atoms with E-state index in [1.807, 2.05) is 41.0 Å². The molecule has 0 aliphatic carbocycles. The number of anilines is 1. The summed E-state index contributed by atoms with van der Waals surface area (Å²) in [4.78, 5) is 20.1. The maximum atomic E-state index is 13.2. The maximum Gasteiger partial charge on any atom is 0.260 e. The van der Waals surface area contributed by atoms with Crippen LogP contribution in [0.15, 0.2) is 53.5 Å². The van der Waals surface area contributed by atoms with Crippen molar-refractivity contribution in [1.29, 1.82) is 0 Å². The van der Waals surface area contributed by atoms with Gasteiger partial charge in [-0.05, 0) is 37.0 Å². The van der Waals surface area contributed by atoms with E-state index in [9.17, 15) is 4.79 Å². The molecule has 0 radical (unpaired) electrons. The summed E-state index contributed by atoms with van der Waals surface area (Å²) in [5, 5.41) is 1.07. The highest BCUT2D eigenvalue weighted by molar-refractivity contribution is 5.93. The van der Waals surface area contributed by atoms with Crippen LogP contribution in [0.3, 0.4) is 0 Å². The molecule has 4 heterocycles. The lowest BCUT2D eigenvalue weighted by atomic mass is 9.95. The quantitative estimate of drug-likeness (QED) is 0.691. The van der Waals surface area contributed by atoms with Gasteiger partial charge < -0.3 is 4.90 Å². The van der Waals surface area contributed by atoms with E-state index in [1.165, 1.54) is 12.8 Å². The van der Waals surface area contributed by atoms with E-state index in [2.05, 4.69) is 16.0 Å². The number of hydrogen-bond donors (Lipinski definition) is 0. The molecule has 5 rings (SSSR count). The molecule has 1 saturated heterocycles. The first-order valence-electron chi connectivity index (χ1n) is 8.64. The summed E-state index contributed by atoms with van der Waals surface area (Å²) in [5.41, 5.74) is 2.69. The fraction of sp³-hybridized carbons (Fsp3) is 0.300. The molecule has 3 aromatic rings. The zero-order valence-corrected chi connectivity index (χ0v) is 13.5. The third-order valence-corrected chi connectivity index (χ3v) is 5.36. The molecule has 120 valence electrons. The Balaban J connectivity index is 1.73. The van der Waals surface area contributed by atoms with Gasteiger partial charge in [0.25, 0.3) is 5.56 Å². The molecule has 4 nitrogen and oxygen atoms in total. The van der Waals surface area contributed by atoms with Crippen LogP contribution in [0.5, 0.6) is 0 Å². The highest BCUT2D eigenvalue weighted by atomic mass is 16.1. The molecule has 2 bridgehead atoms. The molecule has 2 aliphatic heterocycles. The van der Waals surface area contributed by atoms with Gasteiger partial charge in [0.15, 0.2) is 0 Å². The summed E-state index contributed by atoms with van der Waals surface area (Å²) in [5.74, 6) is 1.68. The first kappa shape index (κ1) is 13.8. The third kappa shape index (κ3) is 1.99. The zero-order valence-electron chi connectivity index (χ0n) is 13.5. The number of benzene rings is 1. The lowest BCUT2D eigenvalue weighted by Gasteiger charge is -2.41. The van der Waals surface area contributed by atoms with Gasteiger partial charge in [0.05, 0.1) is 5.52 Å².